The lowest BCUT2D eigenvalue weighted by atomic mass is 9.96. The Bertz CT molecular complexity index is 461. The highest BCUT2D eigenvalue weighted by molar-refractivity contribution is 7.89. The largest absolute Gasteiger partial charge is 0.390 e. The lowest BCUT2D eigenvalue weighted by Crippen LogP contribution is -2.51. The molecular formula is C16H31NO5S. The summed E-state index contributed by atoms with van der Waals surface area (Å²) in [5.41, 5.74) is 0. The van der Waals surface area contributed by atoms with Crippen LogP contribution in [0.3, 0.4) is 0 Å². The molecule has 1 aliphatic heterocycles. The molecule has 0 aromatic heterocycles. The number of nitrogens with zero attached hydrogens (tertiary/aromatic N) is 1. The average Bonchev–Trinajstić information content (AvgIpc) is 2.51. The Hall–Kier alpha value is -0.210. The highest BCUT2D eigenvalue weighted by atomic mass is 32.2. The number of rotatable bonds is 6. The third-order valence-corrected chi connectivity index (χ3v) is 7.17. The van der Waals surface area contributed by atoms with E-state index in [4.69, 9.17) is 4.74 Å². The standard InChI is InChI=1S/C16H31NO5S/c1-12(2)8-17(9-13-10-22-11-15(18)16(13)19)23(20,21)14-6-4-3-5-7-14/h12-16,18-19H,3-11H2,1-2H3/t13-,15-,16+/m1/s1. The first-order valence-electron chi connectivity index (χ1n) is 8.75. The van der Waals surface area contributed by atoms with E-state index in [0.717, 1.165) is 32.1 Å². The monoisotopic (exact) mass is 349 g/mol. The smallest absolute Gasteiger partial charge is 0.217 e. The minimum Gasteiger partial charge on any atom is -0.390 e. The molecule has 0 spiro atoms. The van der Waals surface area contributed by atoms with E-state index >= 15 is 0 Å². The maximum Gasteiger partial charge on any atom is 0.217 e. The molecule has 0 aromatic rings. The Morgan fingerprint density at radius 1 is 1.13 bits per heavy atom. The minimum absolute atomic E-state index is 0.108. The molecule has 2 fully saturated rings. The lowest BCUT2D eigenvalue weighted by molar-refractivity contribution is -0.122. The summed E-state index contributed by atoms with van der Waals surface area (Å²) in [7, 11) is -3.37. The summed E-state index contributed by atoms with van der Waals surface area (Å²) in [5, 5.41) is 19.6. The molecule has 0 aromatic carbocycles. The van der Waals surface area contributed by atoms with Crippen molar-refractivity contribution in [1.29, 1.82) is 0 Å². The van der Waals surface area contributed by atoms with Gasteiger partial charge in [-0.1, -0.05) is 33.1 Å². The second kappa shape index (κ2) is 8.25. The summed E-state index contributed by atoms with van der Waals surface area (Å²) in [6, 6.07) is 0. The predicted octanol–water partition coefficient (Wildman–Crippen LogP) is 0.975. The fourth-order valence-corrected chi connectivity index (χ4v) is 5.79. The minimum atomic E-state index is -3.37. The third kappa shape index (κ3) is 4.89. The first-order chi connectivity index (χ1) is 10.8. The summed E-state index contributed by atoms with van der Waals surface area (Å²) in [4.78, 5) is 0. The van der Waals surface area contributed by atoms with E-state index in [1.54, 1.807) is 0 Å². The fraction of sp³-hybridized carbons (Fsp3) is 1.00. The molecule has 3 atom stereocenters. The van der Waals surface area contributed by atoms with Gasteiger partial charge in [0.1, 0.15) is 6.10 Å². The van der Waals surface area contributed by atoms with Gasteiger partial charge in [-0.05, 0) is 18.8 Å². The topological polar surface area (TPSA) is 87.1 Å². The van der Waals surface area contributed by atoms with Gasteiger partial charge in [-0.2, -0.15) is 0 Å². The first-order valence-corrected chi connectivity index (χ1v) is 10.3. The highest BCUT2D eigenvalue weighted by Crippen LogP contribution is 2.28. The van der Waals surface area contributed by atoms with Gasteiger partial charge in [-0.15, -0.1) is 0 Å². The van der Waals surface area contributed by atoms with Gasteiger partial charge in [0.2, 0.25) is 10.0 Å². The third-order valence-electron chi connectivity index (χ3n) is 4.84. The maximum absolute atomic E-state index is 13.0. The Balaban J connectivity index is 2.12. The van der Waals surface area contributed by atoms with Crippen molar-refractivity contribution in [2.24, 2.45) is 11.8 Å². The molecule has 0 amide bonds. The van der Waals surface area contributed by atoms with Crippen LogP contribution in [0.2, 0.25) is 0 Å². The van der Waals surface area contributed by atoms with E-state index in [9.17, 15) is 18.6 Å². The van der Waals surface area contributed by atoms with Crippen molar-refractivity contribution in [3.8, 4) is 0 Å². The van der Waals surface area contributed by atoms with Crippen LogP contribution < -0.4 is 0 Å². The van der Waals surface area contributed by atoms with Gasteiger partial charge in [-0.3, -0.25) is 0 Å². The molecule has 7 heteroatoms. The van der Waals surface area contributed by atoms with E-state index in [0.29, 0.717) is 6.54 Å². The lowest BCUT2D eigenvalue weighted by Gasteiger charge is -2.37. The van der Waals surface area contributed by atoms with Crippen molar-refractivity contribution in [1.82, 2.24) is 4.31 Å². The molecule has 136 valence electrons. The van der Waals surface area contributed by atoms with Crippen LogP contribution in [0.1, 0.15) is 46.0 Å². The second-order valence-electron chi connectivity index (χ2n) is 7.37. The van der Waals surface area contributed by atoms with Crippen molar-refractivity contribution in [2.75, 3.05) is 26.3 Å². The van der Waals surface area contributed by atoms with Crippen LogP contribution in [-0.2, 0) is 14.8 Å². The van der Waals surface area contributed by atoms with E-state index < -0.39 is 22.2 Å². The van der Waals surface area contributed by atoms with Crippen LogP contribution in [0.15, 0.2) is 0 Å². The Morgan fingerprint density at radius 3 is 2.39 bits per heavy atom. The van der Waals surface area contributed by atoms with Crippen LogP contribution in [0.25, 0.3) is 0 Å². The van der Waals surface area contributed by atoms with Crippen molar-refractivity contribution in [2.45, 2.75) is 63.4 Å². The highest BCUT2D eigenvalue weighted by Gasteiger charge is 2.38. The van der Waals surface area contributed by atoms with Crippen molar-refractivity contribution < 1.29 is 23.4 Å². The zero-order valence-electron chi connectivity index (χ0n) is 14.2. The van der Waals surface area contributed by atoms with Gasteiger partial charge in [-0.25, -0.2) is 12.7 Å². The van der Waals surface area contributed by atoms with Crippen LogP contribution >= 0.6 is 0 Å². The maximum atomic E-state index is 13.0. The van der Waals surface area contributed by atoms with Gasteiger partial charge in [0, 0.05) is 19.0 Å². The number of hydrogen-bond acceptors (Lipinski definition) is 5. The Morgan fingerprint density at radius 2 is 1.78 bits per heavy atom. The van der Waals surface area contributed by atoms with Gasteiger partial charge < -0.3 is 14.9 Å². The molecule has 0 radical (unpaired) electrons. The molecule has 1 heterocycles. The van der Waals surface area contributed by atoms with E-state index in [2.05, 4.69) is 0 Å². The first kappa shape index (κ1) is 19.1. The molecule has 6 nitrogen and oxygen atoms in total. The number of aliphatic hydroxyl groups excluding tert-OH is 2. The summed E-state index contributed by atoms with van der Waals surface area (Å²) >= 11 is 0. The van der Waals surface area contributed by atoms with Gasteiger partial charge in [0.15, 0.2) is 0 Å². The molecule has 2 N–H and O–H groups in total. The molecule has 2 rings (SSSR count). The number of hydrogen-bond donors (Lipinski definition) is 2. The molecule has 1 aliphatic carbocycles. The predicted molar refractivity (Wildman–Crippen MR) is 88.5 cm³/mol. The summed E-state index contributed by atoms with van der Waals surface area (Å²) < 4.78 is 32.9. The van der Waals surface area contributed by atoms with Crippen LogP contribution in [0.4, 0.5) is 0 Å². The van der Waals surface area contributed by atoms with Gasteiger partial charge in [0.25, 0.3) is 0 Å². The molecular weight excluding hydrogens is 318 g/mol. The van der Waals surface area contributed by atoms with Gasteiger partial charge in [0.05, 0.1) is 24.6 Å². The van der Waals surface area contributed by atoms with E-state index in [1.165, 1.54) is 4.31 Å². The zero-order valence-corrected chi connectivity index (χ0v) is 15.0. The van der Waals surface area contributed by atoms with Crippen LogP contribution in [0, 0.1) is 11.8 Å². The molecule has 0 unspecified atom stereocenters. The molecule has 23 heavy (non-hydrogen) atoms. The molecule has 1 saturated heterocycles. The fourth-order valence-electron chi connectivity index (χ4n) is 3.54. The van der Waals surface area contributed by atoms with Crippen molar-refractivity contribution in [3.05, 3.63) is 0 Å². The number of ether oxygens (including phenoxy) is 1. The van der Waals surface area contributed by atoms with Crippen molar-refractivity contribution >= 4 is 10.0 Å². The van der Waals surface area contributed by atoms with Crippen LogP contribution in [0.5, 0.6) is 0 Å². The molecule has 0 bridgehead atoms. The normalized spacial score (nSPS) is 31.0. The Labute approximate surface area is 139 Å². The number of sulfonamides is 1. The summed E-state index contributed by atoms with van der Waals surface area (Å²) in [6.45, 7) is 5.04. The average molecular weight is 349 g/mol. The Kier molecular flexibility index (Phi) is 6.86. The van der Waals surface area contributed by atoms with E-state index in [-0.39, 0.29) is 36.8 Å². The summed E-state index contributed by atoms with van der Waals surface area (Å²) in [5.74, 6) is -0.171. The summed E-state index contributed by atoms with van der Waals surface area (Å²) in [6.07, 6.45) is 2.62. The van der Waals surface area contributed by atoms with Gasteiger partial charge >= 0.3 is 0 Å². The zero-order chi connectivity index (χ0) is 17.0. The van der Waals surface area contributed by atoms with Crippen LogP contribution in [-0.4, -0.2) is 66.7 Å². The molecule has 2 aliphatic rings. The SMILES string of the molecule is CC(C)CN(C[C@@H]1COC[C@@H](O)[C@H]1O)S(=O)(=O)C1CCCCC1. The second-order valence-corrected chi connectivity index (χ2v) is 9.58. The van der Waals surface area contributed by atoms with Crippen molar-refractivity contribution in [3.63, 3.8) is 0 Å². The molecule has 1 saturated carbocycles. The number of aliphatic hydroxyl groups is 2. The quantitative estimate of drug-likeness (QED) is 0.746. The van der Waals surface area contributed by atoms with E-state index in [1.807, 2.05) is 13.8 Å².